The summed E-state index contributed by atoms with van der Waals surface area (Å²) in [6.45, 7) is 0. The van der Waals surface area contributed by atoms with Crippen molar-refractivity contribution in [2.75, 3.05) is 7.11 Å². The molecule has 0 aliphatic carbocycles. The van der Waals surface area contributed by atoms with Gasteiger partial charge < -0.3 is 4.74 Å². The largest absolute Gasteiger partial charge is 0.494 e. The molecule has 0 saturated heterocycles. The van der Waals surface area contributed by atoms with Gasteiger partial charge in [0.25, 0.3) is 0 Å². The maximum atomic E-state index is 13.7. The standard InChI is InChI=1S/C19H16FNO2/c1-23-19-9-7-15(11-16(19)20)18(22)8-6-13-10-14-4-2-3-5-17(14)21-12-13/h2-5,7,9-12H,6,8H2,1H3. The molecular weight excluding hydrogens is 293 g/mol. The highest BCUT2D eigenvalue weighted by molar-refractivity contribution is 5.96. The number of para-hydroxylation sites is 1. The van der Waals surface area contributed by atoms with Gasteiger partial charge in [-0.25, -0.2) is 4.39 Å². The third-order valence-electron chi connectivity index (χ3n) is 3.76. The van der Waals surface area contributed by atoms with Gasteiger partial charge in [-0.2, -0.15) is 0 Å². The summed E-state index contributed by atoms with van der Waals surface area (Å²) in [6, 6.07) is 14.2. The molecule has 0 N–H and O–H groups in total. The van der Waals surface area contributed by atoms with Gasteiger partial charge in [-0.05, 0) is 42.3 Å². The Morgan fingerprint density at radius 2 is 2.00 bits per heavy atom. The fraction of sp³-hybridized carbons (Fsp3) is 0.158. The number of carbonyl (C=O) groups excluding carboxylic acids is 1. The quantitative estimate of drug-likeness (QED) is 0.663. The summed E-state index contributed by atoms with van der Waals surface area (Å²) < 4.78 is 18.5. The molecule has 0 atom stereocenters. The lowest BCUT2D eigenvalue weighted by Crippen LogP contribution is -2.02. The third kappa shape index (κ3) is 3.37. The van der Waals surface area contributed by atoms with Crippen molar-refractivity contribution in [3.63, 3.8) is 0 Å². The van der Waals surface area contributed by atoms with E-state index in [0.29, 0.717) is 18.4 Å². The van der Waals surface area contributed by atoms with E-state index in [-0.39, 0.29) is 11.5 Å². The van der Waals surface area contributed by atoms with Crippen molar-refractivity contribution in [3.8, 4) is 5.75 Å². The maximum Gasteiger partial charge on any atom is 0.165 e. The summed E-state index contributed by atoms with van der Waals surface area (Å²) in [4.78, 5) is 16.6. The number of hydrogen-bond donors (Lipinski definition) is 0. The van der Waals surface area contributed by atoms with Crippen molar-refractivity contribution in [1.29, 1.82) is 0 Å². The van der Waals surface area contributed by atoms with Gasteiger partial charge in [0.15, 0.2) is 17.3 Å². The number of aryl methyl sites for hydroxylation is 1. The summed E-state index contributed by atoms with van der Waals surface area (Å²) in [5, 5.41) is 1.05. The van der Waals surface area contributed by atoms with E-state index in [1.807, 2.05) is 30.3 Å². The van der Waals surface area contributed by atoms with Crippen LogP contribution in [0.3, 0.4) is 0 Å². The van der Waals surface area contributed by atoms with Gasteiger partial charge in [-0.15, -0.1) is 0 Å². The average Bonchev–Trinajstić information content (AvgIpc) is 2.59. The van der Waals surface area contributed by atoms with Crippen LogP contribution in [0.25, 0.3) is 10.9 Å². The van der Waals surface area contributed by atoms with E-state index in [1.54, 1.807) is 12.3 Å². The van der Waals surface area contributed by atoms with Crippen molar-refractivity contribution in [3.05, 3.63) is 71.7 Å². The van der Waals surface area contributed by atoms with E-state index in [9.17, 15) is 9.18 Å². The number of benzene rings is 2. The Hall–Kier alpha value is -2.75. The van der Waals surface area contributed by atoms with Crippen molar-refractivity contribution >= 4 is 16.7 Å². The van der Waals surface area contributed by atoms with E-state index < -0.39 is 5.82 Å². The highest BCUT2D eigenvalue weighted by atomic mass is 19.1. The Morgan fingerprint density at radius 1 is 1.17 bits per heavy atom. The first kappa shape index (κ1) is 15.2. The number of nitrogens with zero attached hydrogens (tertiary/aromatic N) is 1. The zero-order chi connectivity index (χ0) is 16.2. The first-order chi connectivity index (χ1) is 11.2. The molecule has 3 rings (SSSR count). The summed E-state index contributed by atoms with van der Waals surface area (Å²) in [5.74, 6) is -0.481. The number of fused-ring (bicyclic) bond motifs is 1. The van der Waals surface area contributed by atoms with Crippen molar-refractivity contribution < 1.29 is 13.9 Å². The number of halogens is 1. The lowest BCUT2D eigenvalue weighted by Gasteiger charge is -2.05. The molecule has 1 heterocycles. The molecule has 0 spiro atoms. The Bertz CT molecular complexity index is 861. The fourth-order valence-electron chi connectivity index (χ4n) is 2.50. The van der Waals surface area contributed by atoms with Crippen molar-refractivity contribution in [2.24, 2.45) is 0 Å². The third-order valence-corrected chi connectivity index (χ3v) is 3.76. The molecule has 3 nitrogen and oxygen atoms in total. The number of carbonyl (C=O) groups is 1. The van der Waals surface area contributed by atoms with Crippen LogP contribution < -0.4 is 4.74 Å². The minimum Gasteiger partial charge on any atom is -0.494 e. The molecule has 0 aliphatic rings. The molecule has 4 heteroatoms. The Balaban J connectivity index is 1.71. The summed E-state index contributed by atoms with van der Waals surface area (Å²) in [6.07, 6.45) is 2.67. The van der Waals surface area contributed by atoms with Gasteiger partial charge in [0.05, 0.1) is 12.6 Å². The number of aromatic nitrogens is 1. The normalized spacial score (nSPS) is 10.7. The topological polar surface area (TPSA) is 39.2 Å². The van der Waals surface area contributed by atoms with Crippen LogP contribution >= 0.6 is 0 Å². The highest BCUT2D eigenvalue weighted by Crippen LogP contribution is 2.19. The van der Waals surface area contributed by atoms with E-state index >= 15 is 0 Å². The molecule has 116 valence electrons. The molecule has 0 bridgehead atoms. The molecule has 0 aliphatic heterocycles. The molecule has 0 amide bonds. The summed E-state index contributed by atoms with van der Waals surface area (Å²) in [7, 11) is 1.40. The van der Waals surface area contributed by atoms with Crippen LogP contribution in [0, 0.1) is 5.82 Å². The molecule has 2 aromatic carbocycles. The minimum absolute atomic E-state index is 0.0975. The molecule has 23 heavy (non-hydrogen) atoms. The van der Waals surface area contributed by atoms with Crippen molar-refractivity contribution in [2.45, 2.75) is 12.8 Å². The molecule has 0 fully saturated rings. The zero-order valence-corrected chi connectivity index (χ0v) is 12.8. The SMILES string of the molecule is COc1ccc(C(=O)CCc2cnc3ccccc3c2)cc1F. The molecular formula is C19H16FNO2. The Morgan fingerprint density at radius 3 is 2.78 bits per heavy atom. The van der Waals surface area contributed by atoms with Crippen LogP contribution in [-0.2, 0) is 6.42 Å². The van der Waals surface area contributed by atoms with E-state index in [0.717, 1.165) is 16.5 Å². The summed E-state index contributed by atoms with van der Waals surface area (Å²) in [5.41, 5.74) is 2.28. The number of rotatable bonds is 5. The van der Waals surface area contributed by atoms with Crippen LogP contribution in [-0.4, -0.2) is 17.9 Å². The monoisotopic (exact) mass is 309 g/mol. The van der Waals surface area contributed by atoms with Gasteiger partial charge in [-0.1, -0.05) is 18.2 Å². The van der Waals surface area contributed by atoms with E-state index in [2.05, 4.69) is 4.98 Å². The second-order valence-corrected chi connectivity index (χ2v) is 5.31. The van der Waals surface area contributed by atoms with Crippen LogP contribution in [0.1, 0.15) is 22.3 Å². The van der Waals surface area contributed by atoms with Gasteiger partial charge in [0.2, 0.25) is 0 Å². The second-order valence-electron chi connectivity index (χ2n) is 5.31. The number of ether oxygens (including phenoxy) is 1. The molecule has 3 aromatic rings. The van der Waals surface area contributed by atoms with Crippen LogP contribution in [0.2, 0.25) is 0 Å². The van der Waals surface area contributed by atoms with E-state index in [1.165, 1.54) is 19.2 Å². The Labute approximate surface area is 133 Å². The summed E-state index contributed by atoms with van der Waals surface area (Å²) >= 11 is 0. The van der Waals surface area contributed by atoms with Crippen LogP contribution in [0.4, 0.5) is 4.39 Å². The van der Waals surface area contributed by atoms with Gasteiger partial charge in [0.1, 0.15) is 0 Å². The average molecular weight is 309 g/mol. The number of hydrogen-bond acceptors (Lipinski definition) is 3. The van der Waals surface area contributed by atoms with Gasteiger partial charge in [-0.3, -0.25) is 9.78 Å². The maximum absolute atomic E-state index is 13.7. The highest BCUT2D eigenvalue weighted by Gasteiger charge is 2.10. The zero-order valence-electron chi connectivity index (χ0n) is 12.8. The lowest BCUT2D eigenvalue weighted by atomic mass is 10.0. The number of ketones is 1. The predicted molar refractivity (Wildman–Crippen MR) is 87.3 cm³/mol. The van der Waals surface area contributed by atoms with Crippen molar-refractivity contribution in [1.82, 2.24) is 4.98 Å². The fourth-order valence-corrected chi connectivity index (χ4v) is 2.50. The first-order valence-corrected chi connectivity index (χ1v) is 7.38. The van der Waals surface area contributed by atoms with Gasteiger partial charge in [0, 0.05) is 23.6 Å². The first-order valence-electron chi connectivity index (χ1n) is 7.38. The lowest BCUT2D eigenvalue weighted by molar-refractivity contribution is 0.0982. The smallest absolute Gasteiger partial charge is 0.165 e. The predicted octanol–water partition coefficient (Wildman–Crippen LogP) is 4.20. The number of methoxy groups -OCH3 is 1. The Kier molecular flexibility index (Phi) is 4.33. The van der Waals surface area contributed by atoms with E-state index in [4.69, 9.17) is 4.74 Å². The van der Waals surface area contributed by atoms with Crippen LogP contribution in [0.15, 0.2) is 54.7 Å². The molecule has 0 saturated carbocycles. The molecule has 0 unspecified atom stereocenters. The number of Topliss-reactive ketones (excluding diaryl/α,β-unsaturated/α-hetero) is 1. The van der Waals surface area contributed by atoms with Crippen LogP contribution in [0.5, 0.6) is 5.75 Å². The number of pyridine rings is 1. The molecule has 0 radical (unpaired) electrons. The second kappa shape index (κ2) is 6.57. The minimum atomic E-state index is -0.522. The van der Waals surface area contributed by atoms with Gasteiger partial charge >= 0.3 is 0 Å². The molecule has 1 aromatic heterocycles.